The van der Waals surface area contributed by atoms with E-state index in [2.05, 4.69) is 302 Å². The zero-order valence-electron chi connectivity index (χ0n) is 65.3. The molecule has 0 unspecified atom stereocenters. The molecule has 11 rings (SSSR count). The second kappa shape index (κ2) is 28.6. The van der Waals surface area contributed by atoms with E-state index < -0.39 is 0 Å². The minimum absolute atomic E-state index is 0.104. The van der Waals surface area contributed by atoms with Crippen molar-refractivity contribution < 1.29 is 4.74 Å². The molecule has 95 heavy (non-hydrogen) atoms. The number of nitrogens with zero attached hydrogens (tertiary/aromatic N) is 5. The van der Waals surface area contributed by atoms with Gasteiger partial charge in [-0.3, -0.25) is 19.9 Å². The molecule has 1 fully saturated rings. The molecular formula is C89H121N5O. The van der Waals surface area contributed by atoms with Gasteiger partial charge in [0.15, 0.2) is 0 Å². The van der Waals surface area contributed by atoms with Gasteiger partial charge in [0, 0.05) is 55.4 Å². The smallest absolute Gasteiger partial charge is 0.145 e. The van der Waals surface area contributed by atoms with Gasteiger partial charge in [-0.25, -0.2) is 4.98 Å². The highest BCUT2D eigenvalue weighted by atomic mass is 16.5. The zero-order chi connectivity index (χ0) is 71.2. The first-order valence-electron chi connectivity index (χ1n) is 35.3. The molecule has 0 saturated heterocycles. The van der Waals surface area contributed by atoms with Crippen molar-refractivity contribution in [1.29, 1.82) is 0 Å². The van der Waals surface area contributed by atoms with E-state index in [-0.39, 0.29) is 32.5 Å². The molecule has 0 aliphatic heterocycles. The van der Waals surface area contributed by atoms with Crippen molar-refractivity contribution in [3.63, 3.8) is 0 Å². The third-order valence-corrected chi connectivity index (χ3v) is 19.6. The molecule has 0 amide bonds. The van der Waals surface area contributed by atoms with E-state index in [0.717, 1.165) is 45.3 Å². The number of hydrogen-bond acceptors (Lipinski definition) is 6. The molecule has 508 valence electrons. The van der Waals surface area contributed by atoms with Crippen LogP contribution in [0.15, 0.2) is 91.0 Å². The summed E-state index contributed by atoms with van der Waals surface area (Å²) in [6, 6.07) is 33.3. The van der Waals surface area contributed by atoms with Crippen LogP contribution in [0.3, 0.4) is 0 Å². The Labute approximate surface area is 575 Å². The Kier molecular flexibility index (Phi) is 22.7. The quantitative estimate of drug-likeness (QED) is 0.175. The molecule has 6 heteroatoms. The van der Waals surface area contributed by atoms with Crippen molar-refractivity contribution in [3.8, 4) is 5.75 Å². The summed E-state index contributed by atoms with van der Waals surface area (Å²) in [4.78, 5) is 23.8. The van der Waals surface area contributed by atoms with Crippen LogP contribution in [-0.4, -0.2) is 32.0 Å². The fourth-order valence-electron chi connectivity index (χ4n) is 14.5. The number of aryl methyl sites for hydroxylation is 11. The van der Waals surface area contributed by atoms with E-state index >= 15 is 0 Å². The fraction of sp³-hybridized carbons (Fsp3) is 0.494. The maximum Gasteiger partial charge on any atom is 0.145 e. The Morgan fingerprint density at radius 2 is 0.621 bits per heavy atom. The largest absolute Gasteiger partial charge is 0.494 e. The van der Waals surface area contributed by atoms with Crippen LogP contribution in [0.4, 0.5) is 0 Å². The second-order valence-electron chi connectivity index (χ2n) is 34.4. The Hall–Kier alpha value is -7.05. The molecule has 5 heterocycles. The van der Waals surface area contributed by atoms with E-state index in [1.165, 1.54) is 147 Å². The van der Waals surface area contributed by atoms with Gasteiger partial charge in [-0.15, -0.1) is 0 Å². The van der Waals surface area contributed by atoms with Crippen LogP contribution >= 0.6 is 0 Å². The lowest BCUT2D eigenvalue weighted by atomic mass is 9.77. The molecule has 10 aromatic rings. The van der Waals surface area contributed by atoms with Gasteiger partial charge in [0.1, 0.15) is 11.3 Å². The van der Waals surface area contributed by atoms with Crippen molar-refractivity contribution >= 4 is 54.5 Å². The predicted molar refractivity (Wildman–Crippen MR) is 415 cm³/mol. The number of ether oxygens (including phenoxy) is 1. The molecule has 0 bridgehead atoms. The summed E-state index contributed by atoms with van der Waals surface area (Å²) in [6.07, 6.45) is 5.40. The summed E-state index contributed by atoms with van der Waals surface area (Å²) >= 11 is 0. The SMILES string of the molecule is COc1cc(C(C)(C)C)c(C)c2ccc(C)nc12.Cc1ccc2c(C)c(C(C)(C)C)cc(C(C)(C)C)c2n1.Cc1ccc2c(C)c(C(C)(C)C)cc(C(C)C)c2n1.Cc1ccc2c(C)c(C(C)(C)C)cc(C)c2n1.Cc1ccc2c(C)c(C(C)(C)C)cc(C3CCCC3)c2n1. The number of methoxy groups -OCH3 is 1. The lowest BCUT2D eigenvalue weighted by Crippen LogP contribution is -2.19. The van der Waals surface area contributed by atoms with Crippen LogP contribution in [0.25, 0.3) is 54.5 Å². The Bertz CT molecular complexity index is 4430. The van der Waals surface area contributed by atoms with Crippen molar-refractivity contribution in [1.82, 2.24) is 24.9 Å². The van der Waals surface area contributed by atoms with E-state index in [1.54, 1.807) is 7.11 Å². The number of fused-ring (bicyclic) bond motifs is 5. The van der Waals surface area contributed by atoms with Gasteiger partial charge in [0.2, 0.25) is 0 Å². The third kappa shape index (κ3) is 17.2. The van der Waals surface area contributed by atoms with E-state index in [1.807, 2.05) is 13.8 Å². The summed E-state index contributed by atoms with van der Waals surface area (Å²) < 4.78 is 5.51. The highest BCUT2D eigenvalue weighted by Gasteiger charge is 2.29. The maximum absolute atomic E-state index is 5.51. The van der Waals surface area contributed by atoms with Crippen LogP contribution < -0.4 is 4.74 Å². The molecule has 1 saturated carbocycles. The summed E-state index contributed by atoms with van der Waals surface area (Å²) in [5, 5.41) is 6.44. The molecule has 1 aliphatic carbocycles. The van der Waals surface area contributed by atoms with Gasteiger partial charge in [0.25, 0.3) is 0 Å². The van der Waals surface area contributed by atoms with Gasteiger partial charge < -0.3 is 4.74 Å². The van der Waals surface area contributed by atoms with Crippen LogP contribution in [0.2, 0.25) is 0 Å². The normalized spacial score (nSPS) is 13.4. The predicted octanol–water partition coefficient (Wildman–Crippen LogP) is 25.1. The third-order valence-electron chi connectivity index (χ3n) is 19.6. The molecule has 0 N–H and O–H groups in total. The molecule has 5 aromatic heterocycles. The van der Waals surface area contributed by atoms with Gasteiger partial charge in [-0.1, -0.05) is 206 Å². The van der Waals surface area contributed by atoms with E-state index in [9.17, 15) is 0 Å². The van der Waals surface area contributed by atoms with Crippen LogP contribution in [0, 0.1) is 76.2 Å². The zero-order valence-corrected chi connectivity index (χ0v) is 65.3. The van der Waals surface area contributed by atoms with Crippen molar-refractivity contribution in [2.45, 2.75) is 285 Å². The van der Waals surface area contributed by atoms with E-state index in [0.29, 0.717) is 11.8 Å². The van der Waals surface area contributed by atoms with Gasteiger partial charge in [-0.2, -0.15) is 0 Å². The standard InChI is InChI=1S/C20H27N.C19H27N.C18H25N.C16H21NO.C16H21N/c1-13-10-11-16-14(2)18(20(3,4)5)12-17(19(16)21-13)15-8-6-7-9-15;1-12-9-10-14-13(2)15(18(3,4)5)11-16(17(14)20-12)19(6,7)8;1-11(2)15-10-16(18(5,6)7)13(4)14-9-8-12(3)19-17(14)15;1-10-7-8-12-11(2)13(16(3,4)5)9-14(18-6)15(12)17-10;1-10-9-14(16(4,5)6)12(3)13-8-7-11(2)17-15(10)13/h10-12,15H,6-9H2,1-5H3;9-11H,1-8H3;8-11H,1-7H3;7-9H,1-6H3;7-9H,1-6H3. The number of benzene rings is 5. The molecular weight excluding hydrogens is 1160 g/mol. The average Bonchev–Trinajstić information content (AvgIpc) is 1.24. The topological polar surface area (TPSA) is 73.7 Å². The number of hydrogen-bond donors (Lipinski definition) is 0. The molecule has 6 nitrogen and oxygen atoms in total. The highest BCUT2D eigenvalue weighted by Crippen LogP contribution is 2.43. The Morgan fingerprint density at radius 1 is 0.326 bits per heavy atom. The first-order valence-corrected chi connectivity index (χ1v) is 35.3. The molecule has 1 aliphatic rings. The summed E-state index contributed by atoms with van der Waals surface area (Å²) in [6.45, 7) is 69.0. The van der Waals surface area contributed by atoms with Gasteiger partial charge >= 0.3 is 0 Å². The Balaban J connectivity index is 0.000000168. The monoisotopic (exact) mass is 1280 g/mol. The summed E-state index contributed by atoms with van der Waals surface area (Å²) in [5.41, 5.74) is 31.5. The number of aromatic nitrogens is 5. The van der Waals surface area contributed by atoms with Gasteiger partial charge in [-0.05, 0) is 248 Å². The summed E-state index contributed by atoms with van der Waals surface area (Å²) in [5.74, 6) is 2.08. The Morgan fingerprint density at radius 3 is 1.01 bits per heavy atom. The van der Waals surface area contributed by atoms with Gasteiger partial charge in [0.05, 0.1) is 29.2 Å². The second-order valence-corrected chi connectivity index (χ2v) is 34.4. The van der Waals surface area contributed by atoms with Crippen molar-refractivity contribution in [2.75, 3.05) is 7.11 Å². The summed E-state index contributed by atoms with van der Waals surface area (Å²) in [7, 11) is 1.71. The van der Waals surface area contributed by atoms with Crippen LogP contribution in [-0.2, 0) is 32.5 Å². The van der Waals surface area contributed by atoms with Crippen molar-refractivity contribution in [3.05, 3.63) is 197 Å². The van der Waals surface area contributed by atoms with Crippen LogP contribution in [0.5, 0.6) is 5.75 Å². The maximum atomic E-state index is 5.51. The fourth-order valence-corrected chi connectivity index (χ4v) is 14.5. The van der Waals surface area contributed by atoms with Crippen molar-refractivity contribution in [2.24, 2.45) is 0 Å². The first-order chi connectivity index (χ1) is 43.8. The average molecular weight is 1280 g/mol. The first kappa shape index (κ1) is 75.3. The van der Waals surface area contributed by atoms with Crippen LogP contribution in [0.1, 0.15) is 282 Å². The lowest BCUT2D eigenvalue weighted by molar-refractivity contribution is 0.416. The lowest BCUT2D eigenvalue weighted by Gasteiger charge is -2.28. The highest BCUT2D eigenvalue weighted by molar-refractivity contribution is 5.91. The van der Waals surface area contributed by atoms with E-state index in [4.69, 9.17) is 19.7 Å². The molecule has 0 spiro atoms. The number of rotatable bonds is 3. The molecule has 5 aromatic carbocycles. The number of pyridine rings is 5. The minimum atomic E-state index is 0.104. The molecule has 0 radical (unpaired) electrons. The molecule has 0 atom stereocenters. The minimum Gasteiger partial charge on any atom is -0.494 e.